The van der Waals surface area contributed by atoms with Crippen molar-refractivity contribution in [1.29, 1.82) is 5.26 Å². The Balaban J connectivity index is 2.26. The van der Waals surface area contributed by atoms with Crippen LogP contribution >= 0.6 is 0 Å². The first-order valence-electron chi connectivity index (χ1n) is 7.06. The molecule has 1 N–H and O–H groups in total. The largest absolute Gasteiger partial charge is 0.338 e. The molecule has 6 nitrogen and oxygen atoms in total. The van der Waals surface area contributed by atoms with Crippen LogP contribution in [0.2, 0.25) is 0 Å². The summed E-state index contributed by atoms with van der Waals surface area (Å²) in [6, 6.07) is 2.07. The Kier molecular flexibility index (Phi) is 3.35. The van der Waals surface area contributed by atoms with E-state index in [2.05, 4.69) is 34.2 Å². The summed E-state index contributed by atoms with van der Waals surface area (Å²) in [6.07, 6.45) is 5.10. The normalized spacial score (nSPS) is 16.0. The Bertz CT molecular complexity index is 821. The Morgan fingerprint density at radius 2 is 2.33 bits per heavy atom. The zero-order valence-corrected chi connectivity index (χ0v) is 12.2. The minimum absolute atomic E-state index is 0.137. The first kappa shape index (κ1) is 13.6. The van der Waals surface area contributed by atoms with E-state index in [0.717, 1.165) is 36.3 Å². The number of hydrogen-bond acceptors (Lipinski definition) is 4. The van der Waals surface area contributed by atoms with Crippen LogP contribution < -0.4 is 5.56 Å². The highest BCUT2D eigenvalue weighted by atomic mass is 16.1. The number of nitrogens with zero attached hydrogens (tertiary/aromatic N) is 4. The van der Waals surface area contributed by atoms with Crippen molar-refractivity contribution < 1.29 is 0 Å². The van der Waals surface area contributed by atoms with Crippen molar-refractivity contribution in [2.24, 2.45) is 0 Å². The standard InChI is InChI=1S/C15H17N5O/c1-3-12-13(10-4-6-19(2)7-5-10)18-14-11(8-16)9-17-20(14)15(12)21/h4,9,18H,3,5-7H2,1-2H3. The number of fused-ring (bicyclic) bond motifs is 1. The van der Waals surface area contributed by atoms with Crippen LogP contribution in [0.4, 0.5) is 0 Å². The second-order valence-electron chi connectivity index (χ2n) is 5.31. The van der Waals surface area contributed by atoms with E-state index < -0.39 is 0 Å². The molecule has 1 aliphatic rings. The van der Waals surface area contributed by atoms with Crippen molar-refractivity contribution >= 4 is 11.2 Å². The van der Waals surface area contributed by atoms with Crippen molar-refractivity contribution in [2.45, 2.75) is 19.8 Å². The molecule has 0 aromatic carbocycles. The quantitative estimate of drug-likeness (QED) is 0.897. The molecule has 0 radical (unpaired) electrons. The van der Waals surface area contributed by atoms with Crippen LogP contribution in [0.25, 0.3) is 11.2 Å². The van der Waals surface area contributed by atoms with Gasteiger partial charge in [-0.25, -0.2) is 0 Å². The lowest BCUT2D eigenvalue weighted by Gasteiger charge is -2.23. The molecule has 1 aliphatic heterocycles. The minimum atomic E-state index is -0.137. The minimum Gasteiger partial charge on any atom is -0.338 e. The zero-order chi connectivity index (χ0) is 15.0. The van der Waals surface area contributed by atoms with Crippen molar-refractivity contribution in [3.8, 4) is 6.07 Å². The van der Waals surface area contributed by atoms with Gasteiger partial charge in [0.15, 0.2) is 5.65 Å². The molecule has 0 saturated carbocycles. The van der Waals surface area contributed by atoms with Gasteiger partial charge in [0.2, 0.25) is 0 Å². The summed E-state index contributed by atoms with van der Waals surface area (Å²) in [5.41, 5.74) is 3.47. The summed E-state index contributed by atoms with van der Waals surface area (Å²) in [6.45, 7) is 3.80. The maximum absolute atomic E-state index is 12.5. The van der Waals surface area contributed by atoms with E-state index in [1.165, 1.54) is 10.7 Å². The highest BCUT2D eigenvalue weighted by Crippen LogP contribution is 2.23. The van der Waals surface area contributed by atoms with Crippen molar-refractivity contribution in [3.05, 3.63) is 39.4 Å². The number of nitriles is 1. The van der Waals surface area contributed by atoms with Crippen LogP contribution in [0, 0.1) is 11.3 Å². The van der Waals surface area contributed by atoms with Gasteiger partial charge in [-0.05, 0) is 25.5 Å². The lowest BCUT2D eigenvalue weighted by atomic mass is 10.00. The Hall–Kier alpha value is -2.39. The number of nitrogens with one attached hydrogen (secondary N) is 1. The van der Waals surface area contributed by atoms with Crippen LogP contribution in [0.5, 0.6) is 0 Å². The van der Waals surface area contributed by atoms with Gasteiger partial charge in [0, 0.05) is 18.7 Å². The van der Waals surface area contributed by atoms with Gasteiger partial charge in [-0.3, -0.25) is 4.79 Å². The molecule has 0 bridgehead atoms. The molecule has 0 atom stereocenters. The van der Waals surface area contributed by atoms with E-state index in [0.29, 0.717) is 17.6 Å². The summed E-state index contributed by atoms with van der Waals surface area (Å²) in [5.74, 6) is 0. The molecule has 3 heterocycles. The van der Waals surface area contributed by atoms with E-state index in [-0.39, 0.29) is 5.56 Å². The van der Waals surface area contributed by atoms with Gasteiger partial charge in [0.1, 0.15) is 11.6 Å². The number of aromatic nitrogens is 3. The van der Waals surface area contributed by atoms with E-state index >= 15 is 0 Å². The molecule has 108 valence electrons. The molecule has 21 heavy (non-hydrogen) atoms. The SMILES string of the molecule is CCc1c(C2=CCN(C)CC2)[nH]c2c(C#N)cnn2c1=O. The Labute approximate surface area is 122 Å². The van der Waals surface area contributed by atoms with Crippen LogP contribution in [0.3, 0.4) is 0 Å². The first-order chi connectivity index (χ1) is 10.2. The molecule has 0 fully saturated rings. The predicted octanol–water partition coefficient (Wildman–Crippen LogP) is 1.18. The van der Waals surface area contributed by atoms with Gasteiger partial charge in [-0.2, -0.15) is 14.9 Å². The molecule has 0 unspecified atom stereocenters. The third-order valence-electron chi connectivity index (χ3n) is 3.97. The fraction of sp³-hybridized carbons (Fsp3) is 0.400. The molecule has 6 heteroatoms. The van der Waals surface area contributed by atoms with Crippen LogP contribution in [-0.2, 0) is 6.42 Å². The number of hydrogen-bond donors (Lipinski definition) is 1. The second-order valence-corrected chi connectivity index (χ2v) is 5.31. The van der Waals surface area contributed by atoms with Gasteiger partial charge < -0.3 is 9.88 Å². The first-order valence-corrected chi connectivity index (χ1v) is 7.06. The maximum atomic E-state index is 12.5. The average molecular weight is 283 g/mol. The summed E-state index contributed by atoms with van der Waals surface area (Å²) < 4.78 is 1.29. The molecular formula is C15H17N5O. The summed E-state index contributed by atoms with van der Waals surface area (Å²) in [5, 5.41) is 13.1. The van der Waals surface area contributed by atoms with Gasteiger partial charge >= 0.3 is 0 Å². The molecule has 0 amide bonds. The van der Waals surface area contributed by atoms with Crippen molar-refractivity contribution in [2.75, 3.05) is 20.1 Å². The van der Waals surface area contributed by atoms with Crippen molar-refractivity contribution in [1.82, 2.24) is 19.5 Å². The summed E-state index contributed by atoms with van der Waals surface area (Å²) >= 11 is 0. The molecule has 0 spiro atoms. The summed E-state index contributed by atoms with van der Waals surface area (Å²) in [4.78, 5) is 18.0. The van der Waals surface area contributed by atoms with E-state index in [4.69, 9.17) is 5.26 Å². The number of H-pyrrole nitrogens is 1. The summed E-state index contributed by atoms with van der Waals surface area (Å²) in [7, 11) is 2.07. The Morgan fingerprint density at radius 1 is 1.52 bits per heavy atom. The highest BCUT2D eigenvalue weighted by molar-refractivity contribution is 5.69. The molecule has 2 aromatic heterocycles. The molecule has 0 aliphatic carbocycles. The lowest BCUT2D eigenvalue weighted by molar-refractivity contribution is 0.369. The van der Waals surface area contributed by atoms with Gasteiger partial charge in [0.25, 0.3) is 5.56 Å². The zero-order valence-electron chi connectivity index (χ0n) is 12.2. The van der Waals surface area contributed by atoms with Crippen LogP contribution in [0.15, 0.2) is 17.1 Å². The van der Waals surface area contributed by atoms with Crippen LogP contribution in [0.1, 0.15) is 30.2 Å². The third-order valence-corrected chi connectivity index (χ3v) is 3.97. The van der Waals surface area contributed by atoms with Crippen molar-refractivity contribution in [3.63, 3.8) is 0 Å². The average Bonchev–Trinajstić information content (AvgIpc) is 2.91. The second kappa shape index (κ2) is 5.19. The topological polar surface area (TPSA) is 77.2 Å². The van der Waals surface area contributed by atoms with E-state index in [1.807, 2.05) is 6.92 Å². The predicted molar refractivity (Wildman–Crippen MR) is 80.0 cm³/mol. The fourth-order valence-electron chi connectivity index (χ4n) is 2.73. The highest BCUT2D eigenvalue weighted by Gasteiger charge is 2.18. The number of aromatic amines is 1. The molecule has 3 rings (SSSR count). The van der Waals surface area contributed by atoms with Gasteiger partial charge in [-0.15, -0.1) is 0 Å². The molecule has 0 saturated heterocycles. The molecular weight excluding hydrogens is 266 g/mol. The third kappa shape index (κ3) is 2.16. The Morgan fingerprint density at radius 3 is 2.95 bits per heavy atom. The number of likely N-dealkylation sites (N-methyl/N-ethyl adjacent to an activating group) is 1. The monoisotopic (exact) mass is 283 g/mol. The smallest absolute Gasteiger partial charge is 0.278 e. The van der Waals surface area contributed by atoms with Gasteiger partial charge in [0.05, 0.1) is 11.9 Å². The van der Waals surface area contributed by atoms with Gasteiger partial charge in [-0.1, -0.05) is 13.0 Å². The maximum Gasteiger partial charge on any atom is 0.278 e. The van der Waals surface area contributed by atoms with E-state index in [1.54, 1.807) is 0 Å². The molecule has 2 aromatic rings. The fourth-order valence-corrected chi connectivity index (χ4v) is 2.73. The number of rotatable bonds is 2. The van der Waals surface area contributed by atoms with E-state index in [9.17, 15) is 4.79 Å². The van der Waals surface area contributed by atoms with Crippen LogP contribution in [-0.4, -0.2) is 39.6 Å². The lowest BCUT2D eigenvalue weighted by Crippen LogP contribution is -2.26.